The van der Waals surface area contributed by atoms with Crippen molar-refractivity contribution < 1.29 is 13.9 Å². The Morgan fingerprint density at radius 3 is 3.05 bits per heavy atom. The molecule has 0 aliphatic carbocycles. The van der Waals surface area contributed by atoms with E-state index < -0.39 is 6.10 Å². The first kappa shape index (κ1) is 15.3. The zero-order valence-corrected chi connectivity index (χ0v) is 12.9. The fraction of sp³-hybridized carbons (Fsp3) is 0.500. The Morgan fingerprint density at radius 2 is 2.40 bits per heavy atom. The maximum Gasteiger partial charge on any atom is 0.263 e. The van der Waals surface area contributed by atoms with Gasteiger partial charge < -0.3 is 15.4 Å². The summed E-state index contributed by atoms with van der Waals surface area (Å²) >= 11 is 3.22. The van der Waals surface area contributed by atoms with Gasteiger partial charge in [0.1, 0.15) is 11.6 Å². The summed E-state index contributed by atoms with van der Waals surface area (Å²) < 4.78 is 19.1. The lowest BCUT2D eigenvalue weighted by Crippen LogP contribution is -2.45. The molecule has 0 saturated carbocycles. The number of likely N-dealkylation sites (tertiary alicyclic amines) is 1. The van der Waals surface area contributed by atoms with E-state index in [0.717, 1.165) is 19.4 Å². The van der Waals surface area contributed by atoms with Gasteiger partial charge in [-0.15, -0.1) is 0 Å². The fourth-order valence-corrected chi connectivity index (χ4v) is 2.86. The number of benzene rings is 1. The summed E-state index contributed by atoms with van der Waals surface area (Å²) in [5, 5.41) is 0. The normalized spacial score (nSPS) is 20.0. The molecule has 0 aromatic heterocycles. The number of ether oxygens (including phenoxy) is 1. The molecule has 2 N–H and O–H groups in total. The Morgan fingerprint density at radius 1 is 1.65 bits per heavy atom. The van der Waals surface area contributed by atoms with Crippen molar-refractivity contribution in [3.8, 4) is 5.75 Å². The smallest absolute Gasteiger partial charge is 0.263 e. The zero-order chi connectivity index (χ0) is 14.7. The molecule has 0 radical (unpaired) electrons. The molecule has 1 saturated heterocycles. The highest BCUT2D eigenvalue weighted by Crippen LogP contribution is 2.27. The van der Waals surface area contributed by atoms with Crippen molar-refractivity contribution in [2.45, 2.75) is 31.9 Å². The minimum Gasteiger partial charge on any atom is -0.480 e. The van der Waals surface area contributed by atoms with Crippen molar-refractivity contribution in [1.82, 2.24) is 4.90 Å². The predicted octanol–water partition coefficient (Wildman–Crippen LogP) is 2.31. The molecule has 0 unspecified atom stereocenters. The summed E-state index contributed by atoms with van der Waals surface area (Å²) in [4.78, 5) is 14.1. The minimum atomic E-state index is -0.621. The highest BCUT2D eigenvalue weighted by Gasteiger charge is 2.31. The third-order valence-corrected chi connectivity index (χ3v) is 4.10. The molecule has 1 aromatic rings. The van der Waals surface area contributed by atoms with Crippen LogP contribution in [0.3, 0.4) is 0 Å². The van der Waals surface area contributed by atoms with Gasteiger partial charge in [0.15, 0.2) is 6.10 Å². The minimum absolute atomic E-state index is 0.0748. The van der Waals surface area contributed by atoms with Crippen molar-refractivity contribution in [3.05, 3.63) is 28.5 Å². The van der Waals surface area contributed by atoms with E-state index in [1.54, 1.807) is 11.8 Å². The molecule has 6 heteroatoms. The zero-order valence-electron chi connectivity index (χ0n) is 11.3. The molecule has 4 nitrogen and oxygen atoms in total. The average molecular weight is 345 g/mol. The van der Waals surface area contributed by atoms with Gasteiger partial charge in [-0.25, -0.2) is 4.39 Å². The lowest BCUT2D eigenvalue weighted by molar-refractivity contribution is -0.138. The van der Waals surface area contributed by atoms with Crippen molar-refractivity contribution >= 4 is 21.8 Å². The number of rotatable bonds is 4. The number of halogens is 2. The molecule has 1 heterocycles. The van der Waals surface area contributed by atoms with Crippen LogP contribution in [0.5, 0.6) is 5.75 Å². The third-order valence-electron chi connectivity index (χ3n) is 3.48. The molecule has 2 rings (SSSR count). The van der Waals surface area contributed by atoms with Crippen molar-refractivity contribution in [2.24, 2.45) is 5.73 Å². The van der Waals surface area contributed by atoms with Gasteiger partial charge in [-0.1, -0.05) is 0 Å². The van der Waals surface area contributed by atoms with E-state index in [-0.39, 0.29) is 17.8 Å². The number of hydrogen-bond donors (Lipinski definition) is 1. The molecule has 0 spiro atoms. The monoisotopic (exact) mass is 344 g/mol. The first-order chi connectivity index (χ1) is 9.52. The first-order valence-electron chi connectivity index (χ1n) is 6.65. The summed E-state index contributed by atoms with van der Waals surface area (Å²) in [5.41, 5.74) is 5.67. The second-order valence-corrected chi connectivity index (χ2v) is 5.75. The van der Waals surface area contributed by atoms with Crippen LogP contribution >= 0.6 is 15.9 Å². The molecular formula is C14H18BrFN2O2. The Bertz CT molecular complexity index is 498. The van der Waals surface area contributed by atoms with Gasteiger partial charge >= 0.3 is 0 Å². The van der Waals surface area contributed by atoms with Gasteiger partial charge in [0, 0.05) is 19.1 Å². The highest BCUT2D eigenvalue weighted by molar-refractivity contribution is 9.10. The van der Waals surface area contributed by atoms with Crippen LogP contribution in [0.15, 0.2) is 22.7 Å². The van der Waals surface area contributed by atoms with Crippen LogP contribution in [0.2, 0.25) is 0 Å². The maximum absolute atomic E-state index is 13.0. The van der Waals surface area contributed by atoms with Crippen molar-refractivity contribution in [2.75, 3.05) is 13.1 Å². The van der Waals surface area contributed by atoms with Gasteiger partial charge in [0.25, 0.3) is 5.91 Å². The molecular weight excluding hydrogens is 327 g/mol. The standard InChI is InChI=1S/C14H18BrFN2O2/c1-9(14(19)18-6-2-3-11(18)8-17)20-13-5-4-10(16)7-12(13)15/h4-5,7,9,11H,2-3,6,8,17H2,1H3/t9-,11-/m0/s1. The molecule has 110 valence electrons. The van der Waals surface area contributed by atoms with Gasteiger partial charge in [0.05, 0.1) is 4.47 Å². The Hall–Kier alpha value is -1.14. The molecule has 1 fully saturated rings. The number of carbonyl (C=O) groups excluding carboxylic acids is 1. The second-order valence-electron chi connectivity index (χ2n) is 4.90. The molecule has 1 aromatic carbocycles. The van der Waals surface area contributed by atoms with Crippen LogP contribution in [0.4, 0.5) is 4.39 Å². The second kappa shape index (κ2) is 6.54. The lowest BCUT2D eigenvalue weighted by Gasteiger charge is -2.27. The van der Waals surface area contributed by atoms with Crippen LogP contribution in [-0.2, 0) is 4.79 Å². The molecule has 1 aliphatic heterocycles. The third kappa shape index (κ3) is 3.30. The van der Waals surface area contributed by atoms with Gasteiger partial charge in [0.2, 0.25) is 0 Å². The van der Waals surface area contributed by atoms with Gasteiger partial charge in [-0.3, -0.25) is 4.79 Å². The quantitative estimate of drug-likeness (QED) is 0.911. The maximum atomic E-state index is 13.0. The van der Waals surface area contributed by atoms with E-state index in [9.17, 15) is 9.18 Å². The predicted molar refractivity (Wildman–Crippen MR) is 78.0 cm³/mol. The number of hydrogen-bond acceptors (Lipinski definition) is 3. The summed E-state index contributed by atoms with van der Waals surface area (Å²) in [5.74, 6) is 0.0239. The van der Waals surface area contributed by atoms with Gasteiger partial charge in [-0.05, 0) is 53.9 Å². The van der Waals surface area contributed by atoms with E-state index in [1.807, 2.05) is 0 Å². The number of nitrogens with zero attached hydrogens (tertiary/aromatic N) is 1. The average Bonchev–Trinajstić information content (AvgIpc) is 2.89. The molecule has 1 amide bonds. The Labute approximate surface area is 126 Å². The van der Waals surface area contributed by atoms with E-state index in [1.165, 1.54) is 18.2 Å². The van der Waals surface area contributed by atoms with E-state index >= 15 is 0 Å². The number of nitrogens with two attached hydrogens (primary N) is 1. The fourth-order valence-electron chi connectivity index (χ4n) is 2.42. The topological polar surface area (TPSA) is 55.6 Å². The van der Waals surface area contributed by atoms with E-state index in [2.05, 4.69) is 15.9 Å². The largest absolute Gasteiger partial charge is 0.480 e. The summed E-state index contributed by atoms with van der Waals surface area (Å²) in [6, 6.07) is 4.22. The Kier molecular flexibility index (Phi) is 4.99. The van der Waals surface area contributed by atoms with E-state index in [4.69, 9.17) is 10.5 Å². The number of carbonyl (C=O) groups is 1. The number of amides is 1. The van der Waals surface area contributed by atoms with Crippen LogP contribution in [0.1, 0.15) is 19.8 Å². The van der Waals surface area contributed by atoms with Gasteiger partial charge in [-0.2, -0.15) is 0 Å². The first-order valence-corrected chi connectivity index (χ1v) is 7.44. The van der Waals surface area contributed by atoms with Crippen LogP contribution in [-0.4, -0.2) is 36.0 Å². The SMILES string of the molecule is C[C@H](Oc1ccc(F)cc1Br)C(=O)N1CCC[C@H]1CN. The van der Waals surface area contributed by atoms with Crippen molar-refractivity contribution in [1.29, 1.82) is 0 Å². The molecule has 2 atom stereocenters. The highest BCUT2D eigenvalue weighted by atomic mass is 79.9. The molecule has 0 bridgehead atoms. The lowest BCUT2D eigenvalue weighted by atomic mass is 10.2. The molecule has 1 aliphatic rings. The van der Waals surface area contributed by atoms with Crippen LogP contribution < -0.4 is 10.5 Å². The summed E-state index contributed by atoms with van der Waals surface area (Å²) in [7, 11) is 0. The van der Waals surface area contributed by atoms with Crippen molar-refractivity contribution in [3.63, 3.8) is 0 Å². The van der Waals surface area contributed by atoms with Crippen LogP contribution in [0, 0.1) is 5.82 Å². The Balaban J connectivity index is 2.04. The summed E-state index contributed by atoms with van der Waals surface area (Å²) in [6.45, 7) is 2.89. The summed E-state index contributed by atoms with van der Waals surface area (Å²) in [6.07, 6.45) is 1.29. The van der Waals surface area contributed by atoms with E-state index in [0.29, 0.717) is 16.8 Å². The van der Waals surface area contributed by atoms with Crippen LogP contribution in [0.25, 0.3) is 0 Å². The molecule has 20 heavy (non-hydrogen) atoms.